The van der Waals surface area contributed by atoms with Crippen LogP contribution in [0.3, 0.4) is 0 Å². The fraction of sp³-hybridized carbons (Fsp3) is 0.478. The van der Waals surface area contributed by atoms with Crippen LogP contribution in [0.4, 0.5) is 0 Å². The number of hydrogen-bond donors (Lipinski definition) is 1. The first-order valence-electron chi connectivity index (χ1n) is 9.93. The average Bonchev–Trinajstić information content (AvgIpc) is 2.67. The molecular formula is C23H32N2O2. The third kappa shape index (κ3) is 6.70. The van der Waals surface area contributed by atoms with Crippen molar-refractivity contribution in [1.29, 1.82) is 0 Å². The summed E-state index contributed by atoms with van der Waals surface area (Å²) in [5.41, 5.74) is 6.46. The standard InChI is InChI=1S/C23H32N2O2/c1-5-6-7-8-15-27-21-13-11-19(12-14-21)23(26)25-24-22-16-20(17(2)3)10-9-18(22)4/h9,11-14,20H,2,5-8,10,15-16H2,1,3-4H3,(H,25,26)/b24-22+. The molecule has 1 aromatic carbocycles. The molecule has 1 amide bonds. The minimum absolute atomic E-state index is 0.206. The number of hydrazone groups is 1. The minimum atomic E-state index is -0.206. The molecule has 0 saturated heterocycles. The van der Waals surface area contributed by atoms with E-state index < -0.39 is 0 Å². The summed E-state index contributed by atoms with van der Waals surface area (Å²) in [6.07, 6.45) is 8.70. The summed E-state index contributed by atoms with van der Waals surface area (Å²) in [5, 5.41) is 4.35. The van der Waals surface area contributed by atoms with E-state index in [0.717, 1.165) is 41.9 Å². The Morgan fingerprint density at radius 3 is 2.67 bits per heavy atom. The fourth-order valence-electron chi connectivity index (χ4n) is 3.03. The highest BCUT2D eigenvalue weighted by Crippen LogP contribution is 2.26. The van der Waals surface area contributed by atoms with Crippen molar-refractivity contribution in [2.24, 2.45) is 11.0 Å². The predicted octanol–water partition coefficient (Wildman–Crippen LogP) is 5.66. The second-order valence-electron chi connectivity index (χ2n) is 7.30. The normalized spacial score (nSPS) is 18.1. The lowest BCUT2D eigenvalue weighted by Gasteiger charge is -2.22. The van der Waals surface area contributed by atoms with E-state index in [1.54, 1.807) is 12.1 Å². The van der Waals surface area contributed by atoms with Gasteiger partial charge in [-0.25, -0.2) is 5.43 Å². The van der Waals surface area contributed by atoms with Gasteiger partial charge in [0.25, 0.3) is 5.91 Å². The third-order valence-corrected chi connectivity index (χ3v) is 4.98. The number of ether oxygens (including phenoxy) is 1. The molecule has 0 fully saturated rings. The molecule has 0 aliphatic heterocycles. The number of benzene rings is 1. The van der Waals surface area contributed by atoms with E-state index in [1.165, 1.54) is 19.3 Å². The van der Waals surface area contributed by atoms with Crippen molar-refractivity contribution in [1.82, 2.24) is 5.43 Å². The quantitative estimate of drug-likeness (QED) is 0.347. The van der Waals surface area contributed by atoms with Gasteiger partial charge < -0.3 is 4.74 Å². The Hall–Kier alpha value is -2.36. The Morgan fingerprint density at radius 1 is 1.26 bits per heavy atom. The topological polar surface area (TPSA) is 50.7 Å². The summed E-state index contributed by atoms with van der Waals surface area (Å²) in [6, 6.07) is 7.23. The number of carbonyl (C=O) groups is 1. The molecule has 27 heavy (non-hydrogen) atoms. The first-order chi connectivity index (χ1) is 13.0. The highest BCUT2D eigenvalue weighted by molar-refractivity contribution is 6.02. The number of carbonyl (C=O) groups excluding carboxylic acids is 1. The smallest absolute Gasteiger partial charge is 0.271 e. The van der Waals surface area contributed by atoms with Crippen LogP contribution >= 0.6 is 0 Å². The lowest BCUT2D eigenvalue weighted by molar-refractivity contribution is 0.0954. The van der Waals surface area contributed by atoms with Crippen molar-refractivity contribution >= 4 is 11.6 Å². The molecule has 0 heterocycles. The van der Waals surface area contributed by atoms with E-state index >= 15 is 0 Å². The summed E-state index contributed by atoms with van der Waals surface area (Å²) in [5.74, 6) is 0.991. The molecule has 1 atom stereocenters. The summed E-state index contributed by atoms with van der Waals surface area (Å²) < 4.78 is 5.72. The Balaban J connectivity index is 1.87. The average molecular weight is 369 g/mol. The van der Waals surface area contributed by atoms with Gasteiger partial charge >= 0.3 is 0 Å². The van der Waals surface area contributed by atoms with Gasteiger partial charge in [0, 0.05) is 5.56 Å². The van der Waals surface area contributed by atoms with E-state index in [4.69, 9.17) is 4.74 Å². The van der Waals surface area contributed by atoms with Gasteiger partial charge in [-0.2, -0.15) is 5.10 Å². The highest BCUT2D eigenvalue weighted by atomic mass is 16.5. The summed E-state index contributed by atoms with van der Waals surface area (Å²) in [6.45, 7) is 11.0. The molecule has 146 valence electrons. The summed E-state index contributed by atoms with van der Waals surface area (Å²) in [7, 11) is 0. The van der Waals surface area contributed by atoms with Gasteiger partial charge in [-0.15, -0.1) is 0 Å². The fourth-order valence-corrected chi connectivity index (χ4v) is 3.03. The molecule has 2 rings (SSSR count). The molecule has 0 aromatic heterocycles. The van der Waals surface area contributed by atoms with E-state index in [-0.39, 0.29) is 5.91 Å². The van der Waals surface area contributed by atoms with E-state index in [1.807, 2.05) is 26.0 Å². The van der Waals surface area contributed by atoms with E-state index in [9.17, 15) is 4.79 Å². The van der Waals surface area contributed by atoms with Crippen molar-refractivity contribution in [2.45, 2.75) is 59.3 Å². The number of unbranched alkanes of at least 4 members (excludes halogenated alkanes) is 3. The molecule has 1 N–H and O–H groups in total. The molecule has 1 aliphatic rings. The first-order valence-corrected chi connectivity index (χ1v) is 9.93. The van der Waals surface area contributed by atoms with Crippen LogP contribution in [0.25, 0.3) is 0 Å². The number of nitrogens with one attached hydrogen (secondary N) is 1. The first kappa shape index (κ1) is 20.9. The van der Waals surface area contributed by atoms with Crippen LogP contribution in [-0.4, -0.2) is 18.2 Å². The monoisotopic (exact) mass is 368 g/mol. The number of nitrogens with zero attached hydrogens (tertiary/aromatic N) is 1. The van der Waals surface area contributed by atoms with Gasteiger partial charge in [-0.3, -0.25) is 4.79 Å². The predicted molar refractivity (Wildman–Crippen MR) is 112 cm³/mol. The third-order valence-electron chi connectivity index (χ3n) is 4.98. The minimum Gasteiger partial charge on any atom is -0.494 e. The van der Waals surface area contributed by atoms with Gasteiger partial charge in [0.05, 0.1) is 12.3 Å². The largest absolute Gasteiger partial charge is 0.494 e. The van der Waals surface area contributed by atoms with Crippen LogP contribution in [0.5, 0.6) is 5.75 Å². The Labute approximate surface area is 163 Å². The highest BCUT2D eigenvalue weighted by Gasteiger charge is 2.19. The molecule has 0 bridgehead atoms. The van der Waals surface area contributed by atoms with E-state index in [0.29, 0.717) is 18.1 Å². The molecule has 1 aromatic rings. The Kier molecular flexibility index (Phi) is 8.31. The van der Waals surface area contributed by atoms with Crippen LogP contribution < -0.4 is 10.2 Å². The van der Waals surface area contributed by atoms with Gasteiger partial charge in [0.15, 0.2) is 0 Å². The van der Waals surface area contributed by atoms with Crippen LogP contribution in [0.1, 0.15) is 69.7 Å². The molecule has 1 aliphatic carbocycles. The number of amides is 1. The van der Waals surface area contributed by atoms with Gasteiger partial charge in [0.1, 0.15) is 5.75 Å². The van der Waals surface area contributed by atoms with Gasteiger partial charge in [0.2, 0.25) is 0 Å². The van der Waals surface area contributed by atoms with Crippen LogP contribution in [-0.2, 0) is 0 Å². The lowest BCUT2D eigenvalue weighted by Crippen LogP contribution is -2.23. The molecular weight excluding hydrogens is 336 g/mol. The Bertz CT molecular complexity index is 702. The lowest BCUT2D eigenvalue weighted by atomic mass is 9.85. The van der Waals surface area contributed by atoms with Crippen molar-refractivity contribution in [3.8, 4) is 5.75 Å². The second-order valence-corrected chi connectivity index (χ2v) is 7.30. The maximum Gasteiger partial charge on any atom is 0.271 e. The number of hydrogen-bond acceptors (Lipinski definition) is 3. The molecule has 0 spiro atoms. The molecule has 0 saturated carbocycles. The van der Waals surface area contributed by atoms with Crippen LogP contribution in [0.15, 0.2) is 53.2 Å². The maximum atomic E-state index is 12.4. The number of allylic oxidation sites excluding steroid dienone is 3. The molecule has 0 radical (unpaired) electrons. The zero-order chi connectivity index (χ0) is 19.6. The number of rotatable bonds is 9. The SMILES string of the molecule is C=C(C)C1CC=C(C)/C(=N/NC(=O)c2ccc(OCCCCCC)cc2)C1. The summed E-state index contributed by atoms with van der Waals surface area (Å²) >= 11 is 0. The molecule has 1 unspecified atom stereocenters. The molecule has 4 heteroatoms. The van der Waals surface area contributed by atoms with Crippen molar-refractivity contribution in [3.63, 3.8) is 0 Å². The summed E-state index contributed by atoms with van der Waals surface area (Å²) in [4.78, 5) is 12.4. The molecule has 4 nitrogen and oxygen atoms in total. The van der Waals surface area contributed by atoms with Gasteiger partial charge in [-0.05, 0) is 68.9 Å². The van der Waals surface area contributed by atoms with Crippen molar-refractivity contribution < 1.29 is 9.53 Å². The zero-order valence-corrected chi connectivity index (χ0v) is 16.9. The zero-order valence-electron chi connectivity index (χ0n) is 16.9. The van der Waals surface area contributed by atoms with Crippen LogP contribution in [0, 0.1) is 5.92 Å². The van der Waals surface area contributed by atoms with Crippen LogP contribution in [0.2, 0.25) is 0 Å². The van der Waals surface area contributed by atoms with Crippen molar-refractivity contribution in [2.75, 3.05) is 6.61 Å². The van der Waals surface area contributed by atoms with Crippen molar-refractivity contribution in [3.05, 3.63) is 53.6 Å². The van der Waals surface area contributed by atoms with E-state index in [2.05, 4.69) is 30.1 Å². The Morgan fingerprint density at radius 2 is 2.00 bits per heavy atom. The van der Waals surface area contributed by atoms with Gasteiger partial charge in [-0.1, -0.05) is 44.4 Å². The second kappa shape index (κ2) is 10.7. The maximum absolute atomic E-state index is 12.4.